The zero-order chi connectivity index (χ0) is 28.9. The summed E-state index contributed by atoms with van der Waals surface area (Å²) >= 11 is 0. The monoisotopic (exact) mass is 555 g/mol. The van der Waals surface area contributed by atoms with Gasteiger partial charge in [0.25, 0.3) is 0 Å². The van der Waals surface area contributed by atoms with Crippen LogP contribution in [0.2, 0.25) is 0 Å². The topological polar surface area (TPSA) is 77.2 Å². The zero-order valence-corrected chi connectivity index (χ0v) is 22.1. The third-order valence-electron chi connectivity index (χ3n) is 6.45. The van der Waals surface area contributed by atoms with Gasteiger partial charge in [-0.2, -0.15) is 18.3 Å². The lowest BCUT2D eigenvalue weighted by atomic mass is 10.1. The molecule has 0 spiro atoms. The molecule has 0 bridgehead atoms. The molecule has 0 saturated heterocycles. The van der Waals surface area contributed by atoms with E-state index in [1.807, 2.05) is 12.1 Å². The van der Waals surface area contributed by atoms with Crippen molar-refractivity contribution in [3.63, 3.8) is 0 Å². The minimum absolute atomic E-state index is 0.305. The number of benzene rings is 3. The van der Waals surface area contributed by atoms with Crippen LogP contribution in [0.15, 0.2) is 72.8 Å². The highest BCUT2D eigenvalue weighted by molar-refractivity contribution is 5.76. The average Bonchev–Trinajstić information content (AvgIpc) is 3.31. The number of halogens is 4. The number of rotatable bonds is 11. The van der Waals surface area contributed by atoms with Gasteiger partial charge in [0, 0.05) is 18.5 Å². The Hall–Kier alpha value is -4.21. The van der Waals surface area contributed by atoms with Gasteiger partial charge in [-0.3, -0.25) is 0 Å². The maximum atomic E-state index is 14.2. The van der Waals surface area contributed by atoms with Gasteiger partial charge in [0.1, 0.15) is 17.4 Å². The normalized spacial score (nSPS) is 11.9. The minimum atomic E-state index is -4.44. The fraction of sp³-hybridized carbons (Fsp3) is 0.300. The standard InChI is InChI=1S/C30H29F4N3O3/c1-29(2,28(38)39)40-24-16-10-20(11-17-24)6-5-9-26-35-27(22-12-14-23(15-13-22)30(32,33)34)36-37(26)19-18-21-7-3-4-8-25(21)31/h3-4,7-8,10-17H,5-6,9,18-19H2,1-2H3,(H,38,39). The first-order chi connectivity index (χ1) is 18.9. The molecule has 4 rings (SSSR count). The Morgan fingerprint density at radius 3 is 2.23 bits per heavy atom. The number of aromatic nitrogens is 3. The van der Waals surface area contributed by atoms with Crippen LogP contribution in [-0.2, 0) is 36.8 Å². The third kappa shape index (κ3) is 7.25. The number of alkyl halides is 3. The molecule has 1 heterocycles. The molecule has 0 aliphatic carbocycles. The van der Waals surface area contributed by atoms with E-state index in [1.165, 1.54) is 32.0 Å². The third-order valence-corrected chi connectivity index (χ3v) is 6.45. The number of hydrogen-bond donors (Lipinski definition) is 1. The van der Waals surface area contributed by atoms with Crippen molar-refractivity contribution in [2.75, 3.05) is 0 Å². The Morgan fingerprint density at radius 2 is 1.60 bits per heavy atom. The number of carboxylic acids is 1. The second kappa shape index (κ2) is 11.9. The van der Waals surface area contributed by atoms with Crippen molar-refractivity contribution in [2.45, 2.75) is 57.9 Å². The molecule has 0 atom stereocenters. The number of nitrogens with zero attached hydrogens (tertiary/aromatic N) is 3. The molecule has 0 fully saturated rings. The van der Waals surface area contributed by atoms with Gasteiger partial charge >= 0.3 is 12.1 Å². The first-order valence-electron chi connectivity index (χ1n) is 12.8. The number of hydrogen-bond acceptors (Lipinski definition) is 4. The van der Waals surface area contributed by atoms with Crippen LogP contribution in [0.4, 0.5) is 17.6 Å². The summed E-state index contributed by atoms with van der Waals surface area (Å²) in [7, 11) is 0. The van der Waals surface area contributed by atoms with Crippen molar-refractivity contribution in [3.05, 3.63) is 101 Å². The largest absolute Gasteiger partial charge is 0.478 e. The molecular formula is C30H29F4N3O3. The summed E-state index contributed by atoms with van der Waals surface area (Å²) in [6.45, 7) is 3.31. The molecule has 1 aromatic heterocycles. The smallest absolute Gasteiger partial charge is 0.416 e. The van der Waals surface area contributed by atoms with Gasteiger partial charge in [0.15, 0.2) is 11.4 Å². The summed E-state index contributed by atoms with van der Waals surface area (Å²) in [5, 5.41) is 13.8. The SMILES string of the molecule is CC(C)(Oc1ccc(CCCc2nc(-c3ccc(C(F)(F)F)cc3)nn2CCc2ccccc2F)cc1)C(=O)O. The Labute approximate surface area is 229 Å². The van der Waals surface area contributed by atoms with Gasteiger partial charge < -0.3 is 9.84 Å². The van der Waals surface area contributed by atoms with Crippen molar-refractivity contribution in [3.8, 4) is 17.1 Å². The molecule has 0 unspecified atom stereocenters. The molecule has 1 N–H and O–H groups in total. The molecule has 0 aliphatic rings. The highest BCUT2D eigenvalue weighted by atomic mass is 19.4. The van der Waals surface area contributed by atoms with Crippen LogP contribution in [0.25, 0.3) is 11.4 Å². The first kappa shape index (κ1) is 28.8. The molecule has 0 amide bonds. The van der Waals surface area contributed by atoms with Gasteiger partial charge in [-0.05, 0) is 74.6 Å². The summed E-state index contributed by atoms with van der Waals surface area (Å²) in [6, 6.07) is 18.3. The number of aryl methyl sites for hydroxylation is 4. The van der Waals surface area contributed by atoms with Gasteiger partial charge in [0.2, 0.25) is 0 Å². The van der Waals surface area contributed by atoms with Gasteiger partial charge in [-0.25, -0.2) is 18.9 Å². The van der Waals surface area contributed by atoms with Crippen molar-refractivity contribution in [1.82, 2.24) is 14.8 Å². The lowest BCUT2D eigenvalue weighted by Gasteiger charge is -2.21. The fourth-order valence-corrected chi connectivity index (χ4v) is 4.11. The molecule has 40 heavy (non-hydrogen) atoms. The number of carboxylic acid groups (broad SMARTS) is 1. The Kier molecular flexibility index (Phi) is 8.56. The highest BCUT2D eigenvalue weighted by Crippen LogP contribution is 2.30. The molecule has 4 aromatic rings. The zero-order valence-electron chi connectivity index (χ0n) is 22.1. The van der Waals surface area contributed by atoms with E-state index in [0.717, 1.165) is 17.7 Å². The van der Waals surface area contributed by atoms with Crippen LogP contribution in [0.1, 0.15) is 42.8 Å². The second-order valence-electron chi connectivity index (χ2n) is 9.91. The Morgan fingerprint density at radius 1 is 0.925 bits per heavy atom. The van der Waals surface area contributed by atoms with Crippen LogP contribution in [-0.4, -0.2) is 31.4 Å². The fourth-order valence-electron chi connectivity index (χ4n) is 4.11. The molecule has 210 valence electrons. The second-order valence-corrected chi connectivity index (χ2v) is 9.91. The summed E-state index contributed by atoms with van der Waals surface area (Å²) < 4.78 is 60.4. The molecule has 6 nitrogen and oxygen atoms in total. The number of ether oxygens (including phenoxy) is 1. The molecule has 0 radical (unpaired) electrons. The van der Waals surface area contributed by atoms with E-state index in [9.17, 15) is 27.5 Å². The van der Waals surface area contributed by atoms with E-state index >= 15 is 0 Å². The highest BCUT2D eigenvalue weighted by Gasteiger charge is 2.30. The van der Waals surface area contributed by atoms with Crippen molar-refractivity contribution < 1.29 is 32.2 Å². The lowest BCUT2D eigenvalue weighted by Crippen LogP contribution is -2.37. The van der Waals surface area contributed by atoms with E-state index in [4.69, 9.17) is 4.74 Å². The molecule has 10 heteroatoms. The summed E-state index contributed by atoms with van der Waals surface area (Å²) in [5.41, 5.74) is -0.0922. The molecular weight excluding hydrogens is 526 g/mol. The van der Waals surface area contributed by atoms with Crippen molar-refractivity contribution >= 4 is 5.97 Å². The van der Waals surface area contributed by atoms with Crippen LogP contribution >= 0.6 is 0 Å². The predicted octanol–water partition coefficient (Wildman–Crippen LogP) is 6.76. The van der Waals surface area contributed by atoms with E-state index in [2.05, 4.69) is 10.1 Å². The van der Waals surface area contributed by atoms with Gasteiger partial charge in [-0.15, -0.1) is 0 Å². The predicted molar refractivity (Wildman–Crippen MR) is 141 cm³/mol. The lowest BCUT2D eigenvalue weighted by molar-refractivity contribution is -0.152. The van der Waals surface area contributed by atoms with Crippen LogP contribution in [0.3, 0.4) is 0 Å². The van der Waals surface area contributed by atoms with Crippen LogP contribution in [0, 0.1) is 5.82 Å². The molecule has 0 saturated carbocycles. The molecule has 0 aliphatic heterocycles. The van der Waals surface area contributed by atoms with E-state index < -0.39 is 23.3 Å². The Bertz CT molecular complexity index is 1450. The van der Waals surface area contributed by atoms with Crippen LogP contribution in [0.5, 0.6) is 5.75 Å². The van der Waals surface area contributed by atoms with Crippen LogP contribution < -0.4 is 4.74 Å². The van der Waals surface area contributed by atoms with E-state index in [0.29, 0.717) is 60.8 Å². The number of carbonyl (C=O) groups is 1. The van der Waals surface area contributed by atoms with Crippen molar-refractivity contribution in [2.24, 2.45) is 0 Å². The van der Waals surface area contributed by atoms with Crippen molar-refractivity contribution in [1.29, 1.82) is 0 Å². The average molecular weight is 556 g/mol. The number of aliphatic carboxylic acids is 1. The maximum absolute atomic E-state index is 14.2. The van der Waals surface area contributed by atoms with Gasteiger partial charge in [0.05, 0.1) is 5.56 Å². The van der Waals surface area contributed by atoms with E-state index in [1.54, 1.807) is 35.0 Å². The quantitative estimate of drug-likeness (QED) is 0.207. The summed E-state index contributed by atoms with van der Waals surface area (Å²) in [4.78, 5) is 15.9. The summed E-state index contributed by atoms with van der Waals surface area (Å²) in [5.74, 6) is 0.0251. The Balaban J connectivity index is 1.47. The minimum Gasteiger partial charge on any atom is -0.478 e. The van der Waals surface area contributed by atoms with E-state index in [-0.39, 0.29) is 5.82 Å². The maximum Gasteiger partial charge on any atom is 0.416 e. The van der Waals surface area contributed by atoms with Gasteiger partial charge in [-0.1, -0.05) is 42.5 Å². The summed E-state index contributed by atoms with van der Waals surface area (Å²) in [6.07, 6.45) is -2.13. The molecule has 3 aromatic carbocycles. The first-order valence-corrected chi connectivity index (χ1v) is 12.8.